The van der Waals surface area contributed by atoms with E-state index < -0.39 is 0 Å². The Morgan fingerprint density at radius 1 is 0.912 bits per heavy atom. The molecule has 4 heterocycles. The first-order valence-corrected chi connectivity index (χ1v) is 10.2. The van der Waals surface area contributed by atoms with Gasteiger partial charge in [-0.15, -0.1) is 0 Å². The second-order valence-electron chi connectivity index (χ2n) is 7.69. The molecule has 16 heteroatoms. The van der Waals surface area contributed by atoms with E-state index in [2.05, 4.69) is 47.1 Å². The third-order valence-electron chi connectivity index (χ3n) is 5.21. The van der Waals surface area contributed by atoms with E-state index in [1.54, 1.807) is 6.07 Å². The number of hydrogen-bond acceptors (Lipinski definition) is 14. The molecule has 0 unspecified atom stereocenters. The molecule has 178 valence electrons. The van der Waals surface area contributed by atoms with Gasteiger partial charge in [-0.25, -0.2) is 9.98 Å². The molecule has 0 saturated carbocycles. The number of piperazine rings is 1. The number of likely N-dealkylation sites (N-methyl/N-ethyl adjacent to an activating group) is 1. The van der Waals surface area contributed by atoms with Gasteiger partial charge < -0.3 is 49.5 Å². The first kappa shape index (κ1) is 22.5. The van der Waals surface area contributed by atoms with Crippen molar-refractivity contribution in [3.05, 3.63) is 6.07 Å². The topological polar surface area (TPSA) is 274 Å². The van der Waals surface area contributed by atoms with Gasteiger partial charge in [-0.2, -0.15) is 20.0 Å². The summed E-state index contributed by atoms with van der Waals surface area (Å²) in [6.07, 6.45) is 0. The number of aliphatic imine (C=N–C) groups is 3. The predicted molar refractivity (Wildman–Crippen MR) is 135 cm³/mol. The largest absolute Gasteiger partial charge is 0.396 e. The first-order valence-electron chi connectivity index (χ1n) is 10.2. The Kier molecular flexibility index (Phi) is 5.72. The van der Waals surface area contributed by atoms with Crippen LogP contribution in [0.25, 0.3) is 0 Å². The fourth-order valence-electron chi connectivity index (χ4n) is 3.44. The number of amidine groups is 2. The molecule has 1 fully saturated rings. The number of guanidine groups is 1. The molecule has 1 saturated heterocycles. The van der Waals surface area contributed by atoms with Crippen molar-refractivity contribution in [3.63, 3.8) is 0 Å². The van der Waals surface area contributed by atoms with Gasteiger partial charge in [0.2, 0.25) is 11.9 Å². The highest BCUT2D eigenvalue weighted by molar-refractivity contribution is 6.69. The van der Waals surface area contributed by atoms with Crippen LogP contribution in [0.2, 0.25) is 0 Å². The van der Waals surface area contributed by atoms with Gasteiger partial charge in [-0.1, -0.05) is 0 Å². The van der Waals surface area contributed by atoms with E-state index in [-0.39, 0.29) is 58.1 Å². The van der Waals surface area contributed by atoms with Crippen molar-refractivity contribution >= 4 is 69.6 Å². The molecule has 0 bridgehead atoms. The van der Waals surface area contributed by atoms with Crippen LogP contribution in [0.1, 0.15) is 0 Å². The number of nitrogens with two attached hydrogens (primary N) is 6. The zero-order chi connectivity index (χ0) is 24.6. The van der Waals surface area contributed by atoms with Crippen LogP contribution < -0.4 is 44.6 Å². The minimum absolute atomic E-state index is 0.0247. The summed E-state index contributed by atoms with van der Waals surface area (Å²) in [7, 11) is 2.05. The third kappa shape index (κ3) is 4.42. The standard InChI is InChI=1S/C18H26N16/c1-33-2-4-34(5-3-33)16-7(19)6-8(26-9-11(20)28-17(24)29-12(9)21)15(32-16)27-10-13(22)30-18(25)31-14(10)23/h6H,2-5,19H2,1H3,(H,27,32)(H5,20,21,24,28,29)(H6,22,23,25,30,31). The molecular weight excluding hydrogens is 440 g/mol. The average Bonchev–Trinajstić information content (AvgIpc) is 2.75. The highest BCUT2D eigenvalue weighted by Crippen LogP contribution is 2.36. The third-order valence-corrected chi connectivity index (χ3v) is 5.21. The van der Waals surface area contributed by atoms with Crippen molar-refractivity contribution in [2.75, 3.05) is 66.4 Å². The Hall–Kier alpha value is -4.73. The Balaban J connectivity index is 1.83. The zero-order valence-electron chi connectivity index (χ0n) is 18.4. The van der Waals surface area contributed by atoms with Crippen LogP contribution in [0.5, 0.6) is 0 Å². The lowest BCUT2D eigenvalue weighted by atomic mass is 10.2. The summed E-state index contributed by atoms with van der Waals surface area (Å²) in [6.45, 7) is 3.17. The lowest BCUT2D eigenvalue weighted by Gasteiger charge is -2.34. The highest BCUT2D eigenvalue weighted by Gasteiger charge is 2.23. The monoisotopic (exact) mass is 466 g/mol. The Labute approximate surface area is 194 Å². The van der Waals surface area contributed by atoms with Gasteiger partial charge in [-0.05, 0) is 13.1 Å². The number of pyridine rings is 1. The van der Waals surface area contributed by atoms with E-state index in [1.165, 1.54) is 0 Å². The second kappa shape index (κ2) is 8.66. The normalized spacial score (nSPS) is 16.8. The minimum atomic E-state index is -0.324. The van der Waals surface area contributed by atoms with Gasteiger partial charge in [0.05, 0.1) is 5.69 Å². The fraction of sp³-hybridized carbons (Fsp3) is 0.278. The van der Waals surface area contributed by atoms with E-state index in [1.807, 2.05) is 0 Å². The number of nitrogens with one attached hydrogen (secondary N) is 2. The molecule has 0 spiro atoms. The molecule has 0 radical (unpaired) electrons. The number of hydrogen-bond donors (Lipinski definition) is 8. The SMILES string of the molecule is CN1CCN(c2nc(Nc3c(N)nc(N)nc3N)c(N=C3C(N)=NC(=N)N=C3N)cc2N)CC1. The molecule has 0 amide bonds. The Morgan fingerprint density at radius 2 is 1.50 bits per heavy atom. The quantitative estimate of drug-likeness (QED) is 0.254. The van der Waals surface area contributed by atoms with Crippen molar-refractivity contribution < 1.29 is 0 Å². The number of nitrogen functional groups attached to an aromatic ring is 4. The summed E-state index contributed by atoms with van der Waals surface area (Å²) < 4.78 is 0. The Morgan fingerprint density at radius 3 is 2.09 bits per heavy atom. The van der Waals surface area contributed by atoms with Crippen LogP contribution in [-0.2, 0) is 0 Å². The molecule has 2 aliphatic rings. The molecule has 0 aliphatic carbocycles. The van der Waals surface area contributed by atoms with Gasteiger partial charge in [0.1, 0.15) is 17.1 Å². The summed E-state index contributed by atoms with van der Waals surface area (Å²) in [5.41, 5.74) is 36.8. The number of rotatable bonds is 4. The Bertz CT molecular complexity index is 1190. The minimum Gasteiger partial charge on any atom is -0.396 e. The molecule has 2 aromatic heterocycles. The van der Waals surface area contributed by atoms with Crippen LogP contribution in [0.3, 0.4) is 0 Å². The van der Waals surface area contributed by atoms with Crippen molar-refractivity contribution in [3.8, 4) is 0 Å². The van der Waals surface area contributed by atoms with Crippen LogP contribution >= 0.6 is 0 Å². The van der Waals surface area contributed by atoms with Crippen molar-refractivity contribution in [2.24, 2.45) is 26.4 Å². The molecule has 16 nitrogen and oxygen atoms in total. The number of nitrogens with zero attached hydrogens (tertiary/aromatic N) is 8. The molecule has 2 aromatic rings. The van der Waals surface area contributed by atoms with Gasteiger partial charge in [0.25, 0.3) is 0 Å². The maximum Gasteiger partial charge on any atom is 0.245 e. The van der Waals surface area contributed by atoms with Gasteiger partial charge >= 0.3 is 0 Å². The molecule has 14 N–H and O–H groups in total. The molecular formula is C18H26N16. The molecule has 0 atom stereocenters. The van der Waals surface area contributed by atoms with Crippen LogP contribution in [0.15, 0.2) is 21.0 Å². The molecule has 2 aliphatic heterocycles. The summed E-state index contributed by atoms with van der Waals surface area (Å²) in [5.74, 6) is 0.315. The van der Waals surface area contributed by atoms with E-state index in [9.17, 15) is 0 Å². The lowest BCUT2D eigenvalue weighted by Crippen LogP contribution is -2.45. The maximum atomic E-state index is 7.57. The van der Waals surface area contributed by atoms with Crippen molar-refractivity contribution in [1.29, 1.82) is 5.41 Å². The summed E-state index contributed by atoms with van der Waals surface area (Å²) >= 11 is 0. The van der Waals surface area contributed by atoms with Gasteiger partial charge in [-0.3, -0.25) is 5.41 Å². The van der Waals surface area contributed by atoms with Crippen molar-refractivity contribution in [2.45, 2.75) is 0 Å². The summed E-state index contributed by atoms with van der Waals surface area (Å²) in [5, 5.41) is 10.6. The van der Waals surface area contributed by atoms with Gasteiger partial charge in [0.15, 0.2) is 34.9 Å². The van der Waals surface area contributed by atoms with Crippen LogP contribution in [0.4, 0.5) is 46.3 Å². The van der Waals surface area contributed by atoms with E-state index in [0.29, 0.717) is 11.5 Å². The first-order chi connectivity index (χ1) is 16.1. The lowest BCUT2D eigenvalue weighted by molar-refractivity contribution is 0.312. The molecule has 4 rings (SSSR count). The van der Waals surface area contributed by atoms with E-state index in [4.69, 9.17) is 44.8 Å². The smallest absolute Gasteiger partial charge is 0.245 e. The van der Waals surface area contributed by atoms with Gasteiger partial charge in [0, 0.05) is 26.2 Å². The van der Waals surface area contributed by atoms with E-state index in [0.717, 1.165) is 26.2 Å². The number of aromatic nitrogens is 3. The second-order valence-corrected chi connectivity index (χ2v) is 7.69. The van der Waals surface area contributed by atoms with Crippen LogP contribution in [-0.4, -0.2) is 76.4 Å². The van der Waals surface area contributed by atoms with E-state index >= 15 is 0 Å². The fourth-order valence-corrected chi connectivity index (χ4v) is 3.44. The number of anilines is 7. The molecule has 0 aromatic carbocycles. The predicted octanol–water partition coefficient (Wildman–Crippen LogP) is -1.57. The molecule has 34 heavy (non-hydrogen) atoms. The summed E-state index contributed by atoms with van der Waals surface area (Å²) in [6, 6.07) is 1.61. The van der Waals surface area contributed by atoms with Crippen molar-refractivity contribution in [1.82, 2.24) is 19.9 Å². The zero-order valence-corrected chi connectivity index (χ0v) is 18.4. The highest BCUT2D eigenvalue weighted by atomic mass is 15.3. The maximum absolute atomic E-state index is 7.57. The summed E-state index contributed by atoms with van der Waals surface area (Å²) in [4.78, 5) is 29.0. The van der Waals surface area contributed by atoms with Crippen LogP contribution in [0, 0.1) is 5.41 Å². The average molecular weight is 467 g/mol.